The van der Waals surface area contributed by atoms with Gasteiger partial charge >= 0.3 is 0 Å². The predicted molar refractivity (Wildman–Crippen MR) is 65.8 cm³/mol. The molecule has 0 aliphatic carbocycles. The number of nitrogens with zero attached hydrogens (tertiary/aromatic N) is 3. The first-order chi connectivity index (χ1) is 7.68. The van der Waals surface area contributed by atoms with Crippen LogP contribution in [0.5, 0.6) is 0 Å². The Morgan fingerprint density at radius 2 is 2.25 bits per heavy atom. The summed E-state index contributed by atoms with van der Waals surface area (Å²) in [5.41, 5.74) is 1.12. The van der Waals surface area contributed by atoms with Crippen molar-refractivity contribution in [3.05, 3.63) is 18.1 Å². The van der Waals surface area contributed by atoms with E-state index in [1.165, 1.54) is 0 Å². The second-order valence-electron chi connectivity index (χ2n) is 4.70. The molecule has 1 N–H and O–H groups in total. The number of anilines is 1. The van der Waals surface area contributed by atoms with Crippen molar-refractivity contribution in [2.75, 3.05) is 24.5 Å². The van der Waals surface area contributed by atoms with Gasteiger partial charge in [0.15, 0.2) is 0 Å². The minimum Gasteiger partial charge on any atom is -0.351 e. The lowest BCUT2D eigenvalue weighted by Crippen LogP contribution is -2.50. The van der Waals surface area contributed by atoms with E-state index in [1.54, 1.807) is 6.33 Å². The lowest BCUT2D eigenvalue weighted by molar-refractivity contribution is 0.496. The summed E-state index contributed by atoms with van der Waals surface area (Å²) in [7, 11) is 0. The molecule has 16 heavy (non-hydrogen) atoms. The van der Waals surface area contributed by atoms with Crippen LogP contribution in [0, 0.1) is 0 Å². The number of hydrogen-bond acceptors (Lipinski definition) is 4. The average Bonchev–Trinajstić information content (AvgIpc) is 2.30. The fraction of sp³-hybridized carbons (Fsp3) is 0.667. The van der Waals surface area contributed by atoms with Crippen LogP contribution in [0.25, 0.3) is 0 Å². The van der Waals surface area contributed by atoms with E-state index in [1.807, 2.05) is 0 Å². The van der Waals surface area contributed by atoms with Gasteiger partial charge in [-0.1, -0.05) is 13.8 Å². The summed E-state index contributed by atoms with van der Waals surface area (Å²) < 4.78 is 0. The zero-order valence-electron chi connectivity index (χ0n) is 10.3. The fourth-order valence-electron chi connectivity index (χ4n) is 2.02. The van der Waals surface area contributed by atoms with Gasteiger partial charge in [0.05, 0.1) is 0 Å². The monoisotopic (exact) mass is 220 g/mol. The smallest absolute Gasteiger partial charge is 0.132 e. The van der Waals surface area contributed by atoms with E-state index in [9.17, 15) is 0 Å². The first-order valence-electron chi connectivity index (χ1n) is 5.98. The Labute approximate surface area is 97.1 Å². The molecule has 1 atom stereocenters. The molecule has 0 saturated carbocycles. The molecule has 2 rings (SSSR count). The largest absolute Gasteiger partial charge is 0.351 e. The van der Waals surface area contributed by atoms with Gasteiger partial charge in [0.2, 0.25) is 0 Å². The van der Waals surface area contributed by atoms with Crippen LogP contribution in [-0.4, -0.2) is 35.6 Å². The SMILES string of the molecule is CC(C)c1cc(N2CCNC[C@H]2C)ncn1. The highest BCUT2D eigenvalue weighted by atomic mass is 15.3. The molecule has 1 fully saturated rings. The quantitative estimate of drug-likeness (QED) is 0.818. The maximum absolute atomic E-state index is 4.38. The molecule has 1 aromatic heterocycles. The Hall–Kier alpha value is -1.16. The highest BCUT2D eigenvalue weighted by Gasteiger charge is 2.19. The van der Waals surface area contributed by atoms with E-state index in [-0.39, 0.29) is 0 Å². The highest BCUT2D eigenvalue weighted by molar-refractivity contribution is 5.41. The molecule has 2 heterocycles. The first kappa shape index (κ1) is 11.3. The molecule has 0 radical (unpaired) electrons. The third-order valence-electron chi connectivity index (χ3n) is 3.06. The van der Waals surface area contributed by atoms with Crippen molar-refractivity contribution in [3.63, 3.8) is 0 Å². The number of piperazine rings is 1. The molecule has 0 bridgehead atoms. The summed E-state index contributed by atoms with van der Waals surface area (Å²) in [6.07, 6.45) is 1.68. The van der Waals surface area contributed by atoms with Crippen molar-refractivity contribution in [3.8, 4) is 0 Å². The van der Waals surface area contributed by atoms with Crippen molar-refractivity contribution in [1.29, 1.82) is 0 Å². The molecular weight excluding hydrogens is 200 g/mol. The molecule has 1 aliphatic rings. The standard InChI is InChI=1S/C12H20N4/c1-9(2)11-6-12(15-8-14-11)16-5-4-13-7-10(16)3/h6,8-10,13H,4-5,7H2,1-3H3/t10-/m1/s1. The Kier molecular flexibility index (Phi) is 3.39. The number of hydrogen-bond donors (Lipinski definition) is 1. The van der Waals surface area contributed by atoms with E-state index in [4.69, 9.17) is 0 Å². The summed E-state index contributed by atoms with van der Waals surface area (Å²) in [6.45, 7) is 9.63. The van der Waals surface area contributed by atoms with Crippen molar-refractivity contribution in [2.45, 2.75) is 32.7 Å². The summed E-state index contributed by atoms with van der Waals surface area (Å²) in [5, 5.41) is 3.39. The molecule has 88 valence electrons. The summed E-state index contributed by atoms with van der Waals surface area (Å²) in [5.74, 6) is 1.52. The van der Waals surface area contributed by atoms with E-state index in [2.05, 4.69) is 47.0 Å². The lowest BCUT2D eigenvalue weighted by atomic mass is 10.1. The van der Waals surface area contributed by atoms with Gasteiger partial charge in [-0.05, 0) is 12.8 Å². The Morgan fingerprint density at radius 3 is 2.94 bits per heavy atom. The minimum absolute atomic E-state index is 0.458. The van der Waals surface area contributed by atoms with Gasteiger partial charge in [0.25, 0.3) is 0 Å². The van der Waals surface area contributed by atoms with Gasteiger partial charge in [-0.2, -0.15) is 0 Å². The second kappa shape index (κ2) is 4.78. The maximum atomic E-state index is 4.38. The van der Waals surface area contributed by atoms with Gasteiger partial charge in [-0.15, -0.1) is 0 Å². The van der Waals surface area contributed by atoms with Crippen LogP contribution >= 0.6 is 0 Å². The second-order valence-corrected chi connectivity index (χ2v) is 4.70. The van der Waals surface area contributed by atoms with Crippen LogP contribution in [0.15, 0.2) is 12.4 Å². The molecule has 4 heteroatoms. The molecule has 1 aliphatic heterocycles. The van der Waals surface area contributed by atoms with Gasteiger partial charge in [-0.25, -0.2) is 9.97 Å². The number of aromatic nitrogens is 2. The average molecular weight is 220 g/mol. The first-order valence-corrected chi connectivity index (χ1v) is 5.98. The van der Waals surface area contributed by atoms with Crippen molar-refractivity contribution in [1.82, 2.24) is 15.3 Å². The van der Waals surface area contributed by atoms with E-state index >= 15 is 0 Å². The summed E-state index contributed by atoms with van der Waals surface area (Å²) in [6, 6.07) is 2.62. The Balaban J connectivity index is 2.21. The van der Waals surface area contributed by atoms with Crippen LogP contribution in [0.3, 0.4) is 0 Å². The van der Waals surface area contributed by atoms with Gasteiger partial charge in [0, 0.05) is 37.4 Å². The fourth-order valence-corrected chi connectivity index (χ4v) is 2.02. The number of rotatable bonds is 2. The molecule has 4 nitrogen and oxygen atoms in total. The van der Waals surface area contributed by atoms with E-state index < -0.39 is 0 Å². The highest BCUT2D eigenvalue weighted by Crippen LogP contribution is 2.19. The van der Waals surface area contributed by atoms with Crippen LogP contribution in [0.1, 0.15) is 32.4 Å². The zero-order valence-corrected chi connectivity index (χ0v) is 10.3. The van der Waals surface area contributed by atoms with Gasteiger partial charge in [-0.3, -0.25) is 0 Å². The van der Waals surface area contributed by atoms with Gasteiger partial charge < -0.3 is 10.2 Å². The summed E-state index contributed by atoms with van der Waals surface area (Å²) in [4.78, 5) is 11.0. The predicted octanol–water partition coefficient (Wildman–Crippen LogP) is 1.40. The van der Waals surface area contributed by atoms with E-state index in [0.717, 1.165) is 31.1 Å². The molecular formula is C12H20N4. The number of nitrogens with one attached hydrogen (secondary N) is 1. The molecule has 0 amide bonds. The third kappa shape index (κ3) is 2.32. The maximum Gasteiger partial charge on any atom is 0.132 e. The molecule has 1 aromatic rings. The van der Waals surface area contributed by atoms with Crippen LogP contribution in [0.4, 0.5) is 5.82 Å². The van der Waals surface area contributed by atoms with Crippen molar-refractivity contribution in [2.24, 2.45) is 0 Å². The summed E-state index contributed by atoms with van der Waals surface area (Å²) >= 11 is 0. The topological polar surface area (TPSA) is 41.0 Å². The van der Waals surface area contributed by atoms with Crippen LogP contribution in [0.2, 0.25) is 0 Å². The normalized spacial score (nSPS) is 21.5. The molecule has 0 spiro atoms. The van der Waals surface area contributed by atoms with Crippen LogP contribution in [-0.2, 0) is 0 Å². The van der Waals surface area contributed by atoms with E-state index in [0.29, 0.717) is 12.0 Å². The third-order valence-corrected chi connectivity index (χ3v) is 3.06. The Bertz CT molecular complexity index is 351. The lowest BCUT2D eigenvalue weighted by Gasteiger charge is -2.35. The molecule has 1 saturated heterocycles. The van der Waals surface area contributed by atoms with Crippen molar-refractivity contribution < 1.29 is 0 Å². The van der Waals surface area contributed by atoms with Gasteiger partial charge in [0.1, 0.15) is 12.1 Å². The molecule has 0 unspecified atom stereocenters. The molecule has 0 aromatic carbocycles. The van der Waals surface area contributed by atoms with Crippen molar-refractivity contribution >= 4 is 5.82 Å². The Morgan fingerprint density at radius 1 is 1.44 bits per heavy atom. The van der Waals surface area contributed by atoms with Crippen LogP contribution < -0.4 is 10.2 Å². The zero-order chi connectivity index (χ0) is 11.5. The minimum atomic E-state index is 0.458.